The SMILES string of the molecule is CCn1ncc2c1-c1cnc(N)c(c1)O[C@H](C)c1cc(F)ccc1-c1cnnn1C2. The van der Waals surface area contributed by atoms with Crippen LogP contribution in [-0.2, 0) is 13.1 Å². The quantitative estimate of drug-likeness (QED) is 0.521. The van der Waals surface area contributed by atoms with Gasteiger partial charge in [0.1, 0.15) is 11.9 Å². The van der Waals surface area contributed by atoms with Gasteiger partial charge < -0.3 is 10.5 Å². The predicted molar refractivity (Wildman–Crippen MR) is 109 cm³/mol. The highest BCUT2D eigenvalue weighted by Crippen LogP contribution is 2.36. The van der Waals surface area contributed by atoms with Gasteiger partial charge in [-0.1, -0.05) is 5.21 Å². The molecule has 4 heterocycles. The smallest absolute Gasteiger partial charge is 0.166 e. The number of hydrogen-bond acceptors (Lipinski definition) is 6. The standard InChI is InChI=1S/C21H20FN7O/c1-3-28-20-13-6-19(21(23)24-8-13)30-12(2)17-7-15(22)4-5-16(17)18-10-25-27-29(18)11-14(20)9-26-28/h4-10,12H,3,11H2,1-2H3,(H2,23,24)/t12-/m1/s1. The van der Waals surface area contributed by atoms with Gasteiger partial charge in [0.2, 0.25) is 0 Å². The number of nitrogens with zero attached hydrogens (tertiary/aromatic N) is 6. The van der Waals surface area contributed by atoms with Crippen LogP contribution in [0.5, 0.6) is 5.75 Å². The number of halogens is 1. The second-order valence-corrected chi connectivity index (χ2v) is 7.21. The van der Waals surface area contributed by atoms with Crippen molar-refractivity contribution in [2.24, 2.45) is 0 Å². The van der Waals surface area contributed by atoms with E-state index >= 15 is 0 Å². The van der Waals surface area contributed by atoms with Crippen LogP contribution >= 0.6 is 0 Å². The second-order valence-electron chi connectivity index (χ2n) is 7.21. The molecule has 0 spiro atoms. The fourth-order valence-corrected chi connectivity index (χ4v) is 3.89. The average Bonchev–Trinajstić information content (AvgIpc) is 3.36. The van der Waals surface area contributed by atoms with Crippen molar-refractivity contribution < 1.29 is 9.13 Å². The van der Waals surface area contributed by atoms with Crippen LogP contribution in [0.15, 0.2) is 42.9 Å². The fraction of sp³-hybridized carbons (Fsp3) is 0.238. The largest absolute Gasteiger partial charge is 0.482 e. The summed E-state index contributed by atoms with van der Waals surface area (Å²) in [6.07, 6.45) is 4.73. The minimum atomic E-state index is -0.478. The molecule has 2 bridgehead atoms. The zero-order chi connectivity index (χ0) is 20.8. The highest BCUT2D eigenvalue weighted by atomic mass is 19.1. The maximum atomic E-state index is 14.1. The van der Waals surface area contributed by atoms with Crippen molar-refractivity contribution in [3.63, 3.8) is 0 Å². The van der Waals surface area contributed by atoms with Crippen LogP contribution in [0.2, 0.25) is 0 Å². The van der Waals surface area contributed by atoms with E-state index in [1.807, 2.05) is 30.8 Å². The molecule has 5 rings (SSSR count). The lowest BCUT2D eigenvalue weighted by atomic mass is 10.00. The first kappa shape index (κ1) is 18.3. The van der Waals surface area contributed by atoms with E-state index in [9.17, 15) is 4.39 Å². The summed E-state index contributed by atoms with van der Waals surface area (Å²) in [6, 6.07) is 6.47. The summed E-state index contributed by atoms with van der Waals surface area (Å²) in [7, 11) is 0. The molecule has 9 heteroatoms. The first-order valence-corrected chi connectivity index (χ1v) is 9.70. The van der Waals surface area contributed by atoms with Gasteiger partial charge in [0.15, 0.2) is 11.6 Å². The molecule has 0 fully saturated rings. The summed E-state index contributed by atoms with van der Waals surface area (Å²) in [4.78, 5) is 4.33. The lowest BCUT2D eigenvalue weighted by Crippen LogP contribution is -2.12. The molecule has 152 valence electrons. The highest BCUT2D eigenvalue weighted by Gasteiger charge is 2.23. The summed E-state index contributed by atoms with van der Waals surface area (Å²) in [5.41, 5.74) is 11.0. The molecule has 1 aliphatic rings. The van der Waals surface area contributed by atoms with E-state index in [4.69, 9.17) is 10.5 Å². The molecular weight excluding hydrogens is 385 g/mol. The Kier molecular flexibility index (Phi) is 4.23. The summed E-state index contributed by atoms with van der Waals surface area (Å²) in [5, 5.41) is 12.9. The van der Waals surface area contributed by atoms with Gasteiger partial charge in [0.05, 0.1) is 30.3 Å². The first-order valence-electron chi connectivity index (χ1n) is 9.70. The van der Waals surface area contributed by atoms with Gasteiger partial charge in [0.25, 0.3) is 0 Å². The average molecular weight is 405 g/mol. The van der Waals surface area contributed by atoms with E-state index in [2.05, 4.69) is 20.4 Å². The molecule has 30 heavy (non-hydrogen) atoms. The van der Waals surface area contributed by atoms with Crippen molar-refractivity contribution >= 4 is 5.82 Å². The monoisotopic (exact) mass is 405 g/mol. The van der Waals surface area contributed by atoms with Gasteiger partial charge in [-0.2, -0.15) is 5.10 Å². The predicted octanol–water partition coefficient (Wildman–Crippen LogP) is 3.45. The maximum Gasteiger partial charge on any atom is 0.166 e. The third-order valence-corrected chi connectivity index (χ3v) is 5.34. The molecular formula is C21H20FN7O. The second kappa shape index (κ2) is 6.94. The van der Waals surface area contributed by atoms with Gasteiger partial charge in [-0.3, -0.25) is 4.68 Å². The van der Waals surface area contributed by atoms with Crippen LogP contribution in [0.4, 0.5) is 10.2 Å². The Morgan fingerprint density at radius 1 is 1.23 bits per heavy atom. The van der Waals surface area contributed by atoms with Gasteiger partial charge in [-0.05, 0) is 38.1 Å². The minimum Gasteiger partial charge on any atom is -0.482 e. The molecule has 0 radical (unpaired) electrons. The van der Waals surface area contributed by atoms with Gasteiger partial charge in [0, 0.05) is 35.0 Å². The van der Waals surface area contributed by atoms with E-state index in [1.165, 1.54) is 12.1 Å². The molecule has 0 saturated carbocycles. The van der Waals surface area contributed by atoms with Crippen LogP contribution in [-0.4, -0.2) is 29.8 Å². The third-order valence-electron chi connectivity index (χ3n) is 5.34. The molecule has 1 atom stereocenters. The summed E-state index contributed by atoms with van der Waals surface area (Å²) in [5.74, 6) is 0.371. The van der Waals surface area contributed by atoms with Crippen molar-refractivity contribution in [2.45, 2.75) is 33.0 Å². The molecule has 0 aliphatic carbocycles. The van der Waals surface area contributed by atoms with Crippen molar-refractivity contribution in [3.05, 3.63) is 59.8 Å². The summed E-state index contributed by atoms with van der Waals surface area (Å²) < 4.78 is 24.0. The lowest BCUT2D eigenvalue weighted by Gasteiger charge is -2.21. The van der Waals surface area contributed by atoms with Crippen LogP contribution in [0.3, 0.4) is 0 Å². The van der Waals surface area contributed by atoms with Crippen molar-refractivity contribution in [2.75, 3.05) is 5.73 Å². The zero-order valence-corrected chi connectivity index (χ0v) is 16.6. The Morgan fingerprint density at radius 3 is 2.93 bits per heavy atom. The Morgan fingerprint density at radius 2 is 2.10 bits per heavy atom. The number of hydrogen-bond donors (Lipinski definition) is 1. The number of rotatable bonds is 1. The lowest BCUT2D eigenvalue weighted by molar-refractivity contribution is 0.227. The minimum absolute atomic E-state index is 0.274. The summed E-state index contributed by atoms with van der Waals surface area (Å²) >= 11 is 0. The number of pyridine rings is 1. The fourth-order valence-electron chi connectivity index (χ4n) is 3.89. The van der Waals surface area contributed by atoms with Crippen molar-refractivity contribution in [1.29, 1.82) is 0 Å². The van der Waals surface area contributed by atoms with E-state index in [1.54, 1.807) is 23.1 Å². The third kappa shape index (κ3) is 2.90. The molecule has 0 amide bonds. The number of nitrogens with two attached hydrogens (primary N) is 1. The van der Waals surface area contributed by atoms with Gasteiger partial charge in [-0.25, -0.2) is 14.1 Å². The zero-order valence-electron chi connectivity index (χ0n) is 16.6. The van der Waals surface area contributed by atoms with E-state index in [0.29, 0.717) is 24.4 Å². The van der Waals surface area contributed by atoms with Crippen molar-refractivity contribution in [1.82, 2.24) is 29.8 Å². The van der Waals surface area contributed by atoms with Crippen LogP contribution in [0, 0.1) is 5.82 Å². The number of nitrogen functional groups attached to an aromatic ring is 1. The number of aromatic nitrogens is 6. The van der Waals surface area contributed by atoms with Crippen LogP contribution in [0.1, 0.15) is 31.1 Å². The van der Waals surface area contributed by atoms with E-state index < -0.39 is 6.10 Å². The first-order chi connectivity index (χ1) is 14.5. The van der Waals surface area contributed by atoms with Crippen LogP contribution < -0.4 is 10.5 Å². The van der Waals surface area contributed by atoms with Gasteiger partial charge >= 0.3 is 0 Å². The Hall–Kier alpha value is -3.75. The highest BCUT2D eigenvalue weighted by molar-refractivity contribution is 5.69. The molecule has 0 saturated heterocycles. The topological polar surface area (TPSA) is 96.7 Å². The molecule has 1 aromatic carbocycles. The van der Waals surface area contributed by atoms with Crippen molar-refractivity contribution in [3.8, 4) is 28.3 Å². The molecule has 4 aromatic rings. The number of aryl methyl sites for hydroxylation is 1. The molecule has 1 aliphatic heterocycles. The Labute approximate surface area is 172 Å². The summed E-state index contributed by atoms with van der Waals surface area (Å²) in [6.45, 7) is 5.03. The number of anilines is 1. The molecule has 0 unspecified atom stereocenters. The molecule has 8 nitrogen and oxygen atoms in total. The Bertz CT molecular complexity index is 1250. The normalized spacial score (nSPS) is 15.2. The maximum absolute atomic E-state index is 14.1. The number of benzene rings is 1. The van der Waals surface area contributed by atoms with E-state index in [0.717, 1.165) is 28.1 Å². The Balaban J connectivity index is 1.79. The molecule has 3 aromatic heterocycles. The molecule has 2 N–H and O–H groups in total. The van der Waals surface area contributed by atoms with E-state index in [-0.39, 0.29) is 11.6 Å². The van der Waals surface area contributed by atoms with Gasteiger partial charge in [-0.15, -0.1) is 5.10 Å². The van der Waals surface area contributed by atoms with Crippen LogP contribution in [0.25, 0.3) is 22.5 Å². The number of ether oxygens (including phenoxy) is 1. The number of fused-ring (bicyclic) bond motifs is 7.